The molecule has 0 unspecified atom stereocenters. The van der Waals surface area contributed by atoms with Crippen LogP contribution in [0, 0.1) is 11.3 Å². The maximum absolute atomic E-state index is 11.3. The minimum absolute atomic E-state index is 0.0110. The van der Waals surface area contributed by atoms with Gasteiger partial charge < -0.3 is 4.74 Å². The number of rotatable bonds is 5. The fraction of sp³-hybridized carbons (Fsp3) is 0.333. The monoisotopic (exact) mass is 237 g/mol. The fourth-order valence-electron chi connectivity index (χ4n) is 1.24. The van der Waals surface area contributed by atoms with E-state index < -0.39 is 0 Å². The number of Topliss-reactive ketones (excluding diaryl/α,β-unsaturated/α-hetero) is 1. The molecule has 1 aromatic carbocycles. The van der Waals surface area contributed by atoms with Crippen LogP contribution in [0.1, 0.15) is 25.3 Å². The summed E-state index contributed by atoms with van der Waals surface area (Å²) in [7, 11) is 0. The Bertz CT molecular complexity index is 424. The molecule has 0 atom stereocenters. The summed E-state index contributed by atoms with van der Waals surface area (Å²) in [5, 5.41) is 9.20. The lowest BCUT2D eigenvalue weighted by Crippen LogP contribution is -2.11. The molecule has 4 heteroatoms. The maximum atomic E-state index is 11.3. The molecular weight excluding hydrogens is 226 g/mol. The molecule has 0 radical (unpaired) electrons. The van der Waals surface area contributed by atoms with Crippen molar-refractivity contribution in [1.82, 2.24) is 0 Å². The summed E-state index contributed by atoms with van der Waals surface area (Å²) in [6, 6.07) is 6.88. The van der Waals surface area contributed by atoms with Gasteiger partial charge in [0, 0.05) is 6.42 Å². The van der Waals surface area contributed by atoms with Crippen molar-refractivity contribution in [3.8, 4) is 11.8 Å². The number of hydrogen-bond acceptors (Lipinski definition) is 3. The van der Waals surface area contributed by atoms with Gasteiger partial charge in [0.1, 0.15) is 24.0 Å². The maximum Gasteiger partial charge on any atom is 0.170 e. The quantitative estimate of drug-likeness (QED) is 0.791. The Morgan fingerprint density at radius 1 is 1.56 bits per heavy atom. The molecule has 16 heavy (non-hydrogen) atoms. The molecule has 0 aliphatic rings. The van der Waals surface area contributed by atoms with Crippen LogP contribution in [-0.4, -0.2) is 12.4 Å². The number of benzene rings is 1. The zero-order valence-corrected chi connectivity index (χ0v) is 9.75. The van der Waals surface area contributed by atoms with Crippen LogP contribution in [0.15, 0.2) is 18.2 Å². The average Bonchev–Trinajstić information content (AvgIpc) is 2.27. The second-order valence-corrected chi connectivity index (χ2v) is 3.71. The minimum Gasteiger partial charge on any atom is -0.484 e. The number of ether oxygens (including phenoxy) is 1. The predicted molar refractivity (Wildman–Crippen MR) is 61.6 cm³/mol. The Morgan fingerprint density at radius 3 is 2.94 bits per heavy atom. The number of hydrogen-bond donors (Lipinski definition) is 0. The zero-order valence-electron chi connectivity index (χ0n) is 9.00. The predicted octanol–water partition coefficient (Wildman–Crippen LogP) is 2.96. The average molecular weight is 238 g/mol. The summed E-state index contributed by atoms with van der Waals surface area (Å²) < 4.78 is 5.27. The molecular formula is C12H12ClNO2. The summed E-state index contributed by atoms with van der Waals surface area (Å²) in [6.45, 7) is 1.92. The van der Waals surface area contributed by atoms with Crippen molar-refractivity contribution in [2.75, 3.05) is 6.61 Å². The van der Waals surface area contributed by atoms with E-state index in [2.05, 4.69) is 0 Å². The molecule has 0 heterocycles. The van der Waals surface area contributed by atoms with Crippen LogP contribution >= 0.6 is 11.6 Å². The van der Waals surface area contributed by atoms with E-state index >= 15 is 0 Å². The van der Waals surface area contributed by atoms with Crippen LogP contribution < -0.4 is 4.74 Å². The molecule has 0 aliphatic heterocycles. The van der Waals surface area contributed by atoms with Crippen molar-refractivity contribution in [3.63, 3.8) is 0 Å². The first kappa shape index (κ1) is 12.5. The number of nitriles is 1. The van der Waals surface area contributed by atoms with E-state index in [0.717, 1.165) is 6.42 Å². The molecule has 0 saturated carbocycles. The molecule has 0 bridgehead atoms. The van der Waals surface area contributed by atoms with E-state index in [1.54, 1.807) is 18.2 Å². The van der Waals surface area contributed by atoms with E-state index in [0.29, 0.717) is 17.2 Å². The Morgan fingerprint density at radius 2 is 2.31 bits per heavy atom. The molecule has 0 amide bonds. The Balaban J connectivity index is 2.71. The van der Waals surface area contributed by atoms with Crippen molar-refractivity contribution in [2.45, 2.75) is 19.8 Å². The molecule has 0 N–H and O–H groups in total. The SMILES string of the molecule is CCCC(=O)COc1cccc(Cl)c1C#N. The van der Waals surface area contributed by atoms with Crippen molar-refractivity contribution in [2.24, 2.45) is 0 Å². The van der Waals surface area contributed by atoms with E-state index in [1.165, 1.54) is 0 Å². The first-order valence-electron chi connectivity index (χ1n) is 5.02. The lowest BCUT2D eigenvalue weighted by Gasteiger charge is -2.07. The Labute approximate surface area is 99.6 Å². The Hall–Kier alpha value is -1.53. The lowest BCUT2D eigenvalue weighted by atomic mass is 10.2. The number of halogens is 1. The summed E-state index contributed by atoms with van der Waals surface area (Å²) >= 11 is 5.82. The van der Waals surface area contributed by atoms with Gasteiger partial charge in [-0.05, 0) is 18.6 Å². The summed E-state index contributed by atoms with van der Waals surface area (Å²) in [5.41, 5.74) is 0.272. The molecule has 0 spiro atoms. The third-order valence-electron chi connectivity index (χ3n) is 2.00. The van der Waals surface area contributed by atoms with Gasteiger partial charge in [-0.25, -0.2) is 0 Å². The van der Waals surface area contributed by atoms with Gasteiger partial charge in [-0.1, -0.05) is 24.6 Å². The van der Waals surface area contributed by atoms with Gasteiger partial charge in [0.05, 0.1) is 5.02 Å². The number of carbonyl (C=O) groups is 1. The highest BCUT2D eigenvalue weighted by Crippen LogP contribution is 2.25. The number of carbonyl (C=O) groups excluding carboxylic acids is 1. The van der Waals surface area contributed by atoms with Crippen LogP contribution in [-0.2, 0) is 4.79 Å². The van der Waals surface area contributed by atoms with Gasteiger partial charge in [-0.2, -0.15) is 5.26 Å². The van der Waals surface area contributed by atoms with Gasteiger partial charge in [0.2, 0.25) is 0 Å². The second kappa shape index (κ2) is 6.14. The highest BCUT2D eigenvalue weighted by Gasteiger charge is 2.09. The van der Waals surface area contributed by atoms with Crippen molar-refractivity contribution in [3.05, 3.63) is 28.8 Å². The molecule has 0 fully saturated rings. The molecule has 0 aromatic heterocycles. The van der Waals surface area contributed by atoms with Crippen LogP contribution in [0.2, 0.25) is 5.02 Å². The van der Waals surface area contributed by atoms with Crippen LogP contribution in [0.4, 0.5) is 0 Å². The van der Waals surface area contributed by atoms with E-state index in [-0.39, 0.29) is 18.0 Å². The highest BCUT2D eigenvalue weighted by molar-refractivity contribution is 6.31. The smallest absolute Gasteiger partial charge is 0.170 e. The summed E-state index contributed by atoms with van der Waals surface area (Å²) in [4.78, 5) is 11.3. The molecule has 84 valence electrons. The highest BCUT2D eigenvalue weighted by atomic mass is 35.5. The number of ketones is 1. The molecule has 0 saturated heterocycles. The largest absolute Gasteiger partial charge is 0.484 e. The van der Waals surface area contributed by atoms with Crippen molar-refractivity contribution in [1.29, 1.82) is 5.26 Å². The normalized spacial score (nSPS) is 9.56. The molecule has 0 aliphatic carbocycles. The van der Waals surface area contributed by atoms with Crippen molar-refractivity contribution >= 4 is 17.4 Å². The first-order valence-corrected chi connectivity index (χ1v) is 5.40. The number of nitrogens with zero attached hydrogens (tertiary/aromatic N) is 1. The summed E-state index contributed by atoms with van der Waals surface area (Å²) in [6.07, 6.45) is 1.28. The van der Waals surface area contributed by atoms with Gasteiger partial charge in [0.25, 0.3) is 0 Å². The van der Waals surface area contributed by atoms with Gasteiger partial charge in [0.15, 0.2) is 5.78 Å². The second-order valence-electron chi connectivity index (χ2n) is 3.30. The van der Waals surface area contributed by atoms with Crippen LogP contribution in [0.3, 0.4) is 0 Å². The molecule has 1 aromatic rings. The van der Waals surface area contributed by atoms with E-state index in [9.17, 15) is 4.79 Å². The summed E-state index contributed by atoms with van der Waals surface area (Å²) in [5.74, 6) is 0.380. The molecule has 1 rings (SSSR count). The standard InChI is InChI=1S/C12H12ClNO2/c1-2-4-9(15)8-16-12-6-3-5-11(13)10(12)7-14/h3,5-6H,2,4,8H2,1H3. The van der Waals surface area contributed by atoms with Gasteiger partial charge in [-0.3, -0.25) is 4.79 Å². The lowest BCUT2D eigenvalue weighted by molar-refractivity contribution is -0.121. The molecule has 3 nitrogen and oxygen atoms in total. The zero-order chi connectivity index (χ0) is 12.0. The third kappa shape index (κ3) is 3.25. The third-order valence-corrected chi connectivity index (χ3v) is 2.32. The topological polar surface area (TPSA) is 50.1 Å². The fourth-order valence-corrected chi connectivity index (χ4v) is 1.45. The van der Waals surface area contributed by atoms with Crippen LogP contribution in [0.5, 0.6) is 5.75 Å². The van der Waals surface area contributed by atoms with E-state index in [4.69, 9.17) is 21.6 Å². The van der Waals surface area contributed by atoms with Crippen molar-refractivity contribution < 1.29 is 9.53 Å². The van der Waals surface area contributed by atoms with Gasteiger partial charge >= 0.3 is 0 Å². The minimum atomic E-state index is -0.0110. The first-order chi connectivity index (χ1) is 7.69. The van der Waals surface area contributed by atoms with Crippen LogP contribution in [0.25, 0.3) is 0 Å². The Kier molecular flexibility index (Phi) is 4.81. The van der Waals surface area contributed by atoms with E-state index in [1.807, 2.05) is 13.0 Å². The van der Waals surface area contributed by atoms with Gasteiger partial charge in [-0.15, -0.1) is 0 Å².